The van der Waals surface area contributed by atoms with Gasteiger partial charge in [0.25, 0.3) is 0 Å². The second kappa shape index (κ2) is 6.10. The fourth-order valence-corrected chi connectivity index (χ4v) is 3.06. The van der Waals surface area contributed by atoms with Crippen LogP contribution in [-0.4, -0.2) is 62.2 Å². The fourth-order valence-electron chi connectivity index (χ4n) is 2.18. The summed E-state index contributed by atoms with van der Waals surface area (Å²) in [7, 11) is 0. The van der Waals surface area contributed by atoms with Crippen LogP contribution in [0.15, 0.2) is 11.7 Å². The molecule has 1 aliphatic heterocycles. The number of alkyl halides is 3. The van der Waals surface area contributed by atoms with E-state index >= 15 is 0 Å². The molecular weight excluding hydrogens is 335 g/mol. The minimum absolute atomic E-state index is 0.0441. The molecule has 3 heterocycles. The molecule has 1 saturated heterocycles. The highest BCUT2D eigenvalue weighted by atomic mass is 32.1. The molecule has 124 valence electrons. The van der Waals surface area contributed by atoms with E-state index in [0.717, 1.165) is 16.7 Å². The minimum atomic E-state index is -4.43. The molecule has 0 bridgehead atoms. The first-order valence-electron chi connectivity index (χ1n) is 6.70. The summed E-state index contributed by atoms with van der Waals surface area (Å²) >= 11 is 0.957. The average Bonchev–Trinajstić information content (AvgIpc) is 3.18. The van der Waals surface area contributed by atoms with Gasteiger partial charge in [-0.05, 0) is 10.4 Å². The van der Waals surface area contributed by atoms with Crippen molar-refractivity contribution in [3.63, 3.8) is 0 Å². The van der Waals surface area contributed by atoms with Gasteiger partial charge < -0.3 is 9.80 Å². The van der Waals surface area contributed by atoms with Crippen LogP contribution < -0.4 is 4.90 Å². The van der Waals surface area contributed by atoms with Crippen LogP contribution >= 0.6 is 11.3 Å². The molecule has 1 aliphatic rings. The molecule has 0 aromatic carbocycles. The van der Waals surface area contributed by atoms with E-state index in [1.54, 1.807) is 9.80 Å². The van der Waals surface area contributed by atoms with E-state index in [9.17, 15) is 18.0 Å². The molecule has 1 amide bonds. The number of hydrogen-bond donors (Lipinski definition) is 0. The molecule has 2 aromatic rings. The van der Waals surface area contributed by atoms with E-state index in [2.05, 4.69) is 20.5 Å². The number of amides is 1. The van der Waals surface area contributed by atoms with Gasteiger partial charge in [0, 0.05) is 31.6 Å². The number of piperazine rings is 1. The van der Waals surface area contributed by atoms with Crippen molar-refractivity contribution in [3.05, 3.63) is 17.4 Å². The Balaban J connectivity index is 1.56. The number of aromatic nitrogens is 5. The Morgan fingerprint density at radius 2 is 2.00 bits per heavy atom. The highest BCUT2D eigenvalue weighted by molar-refractivity contribution is 7.13. The predicted octanol–water partition coefficient (Wildman–Crippen LogP) is 0.497. The highest BCUT2D eigenvalue weighted by Gasteiger charge is 2.34. The molecule has 12 heteroatoms. The summed E-state index contributed by atoms with van der Waals surface area (Å²) in [4.78, 5) is 19.1. The first-order chi connectivity index (χ1) is 10.9. The van der Waals surface area contributed by atoms with Crippen LogP contribution in [0.2, 0.25) is 0 Å². The summed E-state index contributed by atoms with van der Waals surface area (Å²) in [5.41, 5.74) is -0.880. The summed E-state index contributed by atoms with van der Waals surface area (Å²) in [6.45, 7) is 1.75. The lowest BCUT2D eigenvalue weighted by Crippen LogP contribution is -2.49. The maximum atomic E-state index is 12.6. The van der Waals surface area contributed by atoms with Crippen molar-refractivity contribution >= 4 is 22.4 Å². The number of halogens is 3. The average molecular weight is 347 g/mol. The molecule has 0 atom stereocenters. The van der Waals surface area contributed by atoms with E-state index in [1.807, 2.05) is 0 Å². The summed E-state index contributed by atoms with van der Waals surface area (Å²) in [5.74, 6) is -0.132. The van der Waals surface area contributed by atoms with Gasteiger partial charge in [-0.15, -0.1) is 16.4 Å². The number of carbonyl (C=O) groups is 1. The second-order valence-corrected chi connectivity index (χ2v) is 5.72. The van der Waals surface area contributed by atoms with Gasteiger partial charge in [-0.3, -0.25) is 4.79 Å². The Morgan fingerprint density at radius 1 is 1.26 bits per heavy atom. The van der Waals surface area contributed by atoms with Gasteiger partial charge in [-0.1, -0.05) is 0 Å². The van der Waals surface area contributed by atoms with Crippen molar-refractivity contribution in [1.82, 2.24) is 30.1 Å². The van der Waals surface area contributed by atoms with Crippen molar-refractivity contribution in [2.45, 2.75) is 12.7 Å². The maximum absolute atomic E-state index is 12.6. The number of hydrogen-bond acceptors (Lipinski definition) is 7. The van der Waals surface area contributed by atoms with E-state index in [4.69, 9.17) is 0 Å². The summed E-state index contributed by atoms with van der Waals surface area (Å²) < 4.78 is 39.0. The van der Waals surface area contributed by atoms with Crippen LogP contribution in [0.5, 0.6) is 0 Å². The van der Waals surface area contributed by atoms with Crippen molar-refractivity contribution in [2.75, 3.05) is 31.1 Å². The van der Waals surface area contributed by atoms with Gasteiger partial charge in [-0.2, -0.15) is 13.2 Å². The van der Waals surface area contributed by atoms with Gasteiger partial charge >= 0.3 is 6.18 Å². The molecular formula is C11H12F3N7OS. The first-order valence-corrected chi connectivity index (χ1v) is 7.57. The summed E-state index contributed by atoms with van der Waals surface area (Å²) in [6, 6.07) is 0. The minimum Gasteiger partial charge on any atom is -0.345 e. The summed E-state index contributed by atoms with van der Waals surface area (Å²) in [5, 5.41) is 11.8. The first kappa shape index (κ1) is 15.6. The zero-order chi connectivity index (χ0) is 16.4. The van der Waals surface area contributed by atoms with E-state index in [0.29, 0.717) is 31.3 Å². The monoisotopic (exact) mass is 347 g/mol. The third kappa shape index (κ3) is 3.57. The fraction of sp³-hybridized carbons (Fsp3) is 0.545. The predicted molar refractivity (Wildman–Crippen MR) is 73.7 cm³/mol. The normalized spacial score (nSPS) is 16.0. The Labute approximate surface area is 132 Å². The number of nitrogens with zero attached hydrogens (tertiary/aromatic N) is 7. The zero-order valence-corrected chi connectivity index (χ0v) is 12.6. The zero-order valence-electron chi connectivity index (χ0n) is 11.8. The van der Waals surface area contributed by atoms with Gasteiger partial charge in [-0.25, -0.2) is 9.67 Å². The van der Waals surface area contributed by atoms with Gasteiger partial charge in [0.1, 0.15) is 12.9 Å². The van der Waals surface area contributed by atoms with Gasteiger partial charge in [0.2, 0.25) is 5.91 Å². The third-order valence-electron chi connectivity index (χ3n) is 3.37. The highest BCUT2D eigenvalue weighted by Crippen LogP contribution is 2.33. The summed E-state index contributed by atoms with van der Waals surface area (Å²) in [6.07, 6.45) is -3.08. The van der Waals surface area contributed by atoms with Crippen LogP contribution in [0.4, 0.5) is 18.3 Å². The smallest absolute Gasteiger partial charge is 0.345 e. The molecule has 0 radical (unpaired) electrons. The van der Waals surface area contributed by atoms with E-state index < -0.39 is 11.9 Å². The van der Waals surface area contributed by atoms with Crippen LogP contribution in [-0.2, 0) is 17.5 Å². The SMILES string of the molecule is O=C(Cn1cnnn1)N1CCN(c2nc(C(F)(F)F)cs2)CC1. The largest absolute Gasteiger partial charge is 0.434 e. The number of tetrazole rings is 1. The van der Waals surface area contributed by atoms with E-state index in [-0.39, 0.29) is 12.5 Å². The lowest BCUT2D eigenvalue weighted by Gasteiger charge is -2.34. The van der Waals surface area contributed by atoms with Crippen LogP contribution in [0.25, 0.3) is 0 Å². The van der Waals surface area contributed by atoms with Crippen LogP contribution in [0.3, 0.4) is 0 Å². The maximum Gasteiger partial charge on any atom is 0.434 e. The number of thiazole rings is 1. The Kier molecular flexibility index (Phi) is 4.15. The standard InChI is InChI=1S/C11H12F3N7OS/c12-11(13,14)8-6-23-10(16-8)20-3-1-19(2-4-20)9(22)5-21-7-15-17-18-21/h6-7H,1-5H2. The van der Waals surface area contributed by atoms with Crippen molar-refractivity contribution in [1.29, 1.82) is 0 Å². The van der Waals surface area contributed by atoms with Crippen LogP contribution in [0.1, 0.15) is 5.69 Å². The molecule has 8 nitrogen and oxygen atoms in total. The molecule has 0 saturated carbocycles. The number of carbonyl (C=O) groups excluding carboxylic acids is 1. The van der Waals surface area contributed by atoms with Gasteiger partial charge in [0.05, 0.1) is 0 Å². The molecule has 1 fully saturated rings. The molecule has 0 aliphatic carbocycles. The molecule has 2 aromatic heterocycles. The number of rotatable bonds is 3. The lowest BCUT2D eigenvalue weighted by atomic mass is 10.3. The third-order valence-corrected chi connectivity index (χ3v) is 4.28. The van der Waals surface area contributed by atoms with Crippen LogP contribution in [0, 0.1) is 0 Å². The van der Waals surface area contributed by atoms with Gasteiger partial charge in [0.15, 0.2) is 10.8 Å². The van der Waals surface area contributed by atoms with E-state index in [1.165, 1.54) is 11.0 Å². The Bertz CT molecular complexity index is 663. The van der Waals surface area contributed by atoms with Crippen molar-refractivity contribution < 1.29 is 18.0 Å². The molecule has 23 heavy (non-hydrogen) atoms. The molecule has 0 spiro atoms. The topological polar surface area (TPSA) is 80.0 Å². The van der Waals surface area contributed by atoms with Crippen molar-refractivity contribution in [2.24, 2.45) is 0 Å². The quantitative estimate of drug-likeness (QED) is 0.804. The molecule has 3 rings (SSSR count). The lowest BCUT2D eigenvalue weighted by molar-refractivity contribution is -0.140. The molecule has 0 N–H and O–H groups in total. The Hall–Kier alpha value is -2.24. The van der Waals surface area contributed by atoms with Crippen molar-refractivity contribution in [3.8, 4) is 0 Å². The molecule has 0 unspecified atom stereocenters. The Morgan fingerprint density at radius 3 is 2.57 bits per heavy atom. The second-order valence-electron chi connectivity index (χ2n) is 4.89. The number of anilines is 1.